The van der Waals surface area contributed by atoms with E-state index in [2.05, 4.69) is 0 Å². The van der Waals surface area contributed by atoms with E-state index in [0.29, 0.717) is 5.56 Å². The first-order valence-electron chi connectivity index (χ1n) is 4.94. The molecular formula is C11H13FN2O2S. The maximum atomic E-state index is 13.1. The molecule has 1 rings (SSSR count). The Morgan fingerprint density at radius 2 is 2.06 bits per heavy atom. The lowest BCUT2D eigenvalue weighted by molar-refractivity contribution is 0.441. The van der Waals surface area contributed by atoms with Gasteiger partial charge in [-0.25, -0.2) is 12.8 Å². The summed E-state index contributed by atoms with van der Waals surface area (Å²) in [5.74, 6) is -0.618. The zero-order valence-corrected chi connectivity index (χ0v) is 10.6. The third kappa shape index (κ3) is 2.62. The Bertz CT molecular complexity index is 563. The lowest BCUT2D eigenvalue weighted by atomic mass is 10.2. The van der Waals surface area contributed by atoms with Crippen molar-refractivity contribution in [1.82, 2.24) is 4.31 Å². The molecule has 4 nitrogen and oxygen atoms in total. The van der Waals surface area contributed by atoms with Crippen molar-refractivity contribution < 1.29 is 12.8 Å². The SMILES string of the molecule is Cc1ccc(F)cc1S(=O)(=O)N(C)C(C)C#N. The maximum absolute atomic E-state index is 13.1. The molecule has 0 spiro atoms. The normalized spacial score (nSPS) is 13.4. The number of nitrogens with zero attached hydrogens (tertiary/aromatic N) is 2. The van der Waals surface area contributed by atoms with Gasteiger partial charge in [0.15, 0.2) is 0 Å². The molecular weight excluding hydrogens is 243 g/mol. The predicted molar refractivity (Wildman–Crippen MR) is 61.2 cm³/mol. The van der Waals surface area contributed by atoms with Crippen LogP contribution in [0.25, 0.3) is 0 Å². The molecule has 0 fully saturated rings. The van der Waals surface area contributed by atoms with Gasteiger partial charge < -0.3 is 0 Å². The summed E-state index contributed by atoms with van der Waals surface area (Å²) in [5, 5.41) is 8.71. The molecule has 6 heteroatoms. The van der Waals surface area contributed by atoms with Gasteiger partial charge in [0.05, 0.1) is 11.0 Å². The molecule has 0 saturated heterocycles. The third-order valence-electron chi connectivity index (χ3n) is 2.54. The quantitative estimate of drug-likeness (QED) is 0.826. The Morgan fingerprint density at radius 3 is 2.59 bits per heavy atom. The Labute approximate surface area is 100 Å². The standard InChI is InChI=1S/C11H13FN2O2S/c1-8-4-5-10(12)6-11(8)17(15,16)14(3)9(2)7-13/h4-6,9H,1-3H3. The van der Waals surface area contributed by atoms with Gasteiger partial charge in [-0.05, 0) is 31.5 Å². The molecule has 0 N–H and O–H groups in total. The van der Waals surface area contributed by atoms with Crippen molar-refractivity contribution in [3.05, 3.63) is 29.6 Å². The molecule has 0 saturated carbocycles. The number of halogens is 1. The Kier molecular flexibility index (Phi) is 3.86. The van der Waals surface area contributed by atoms with Gasteiger partial charge in [0.1, 0.15) is 11.9 Å². The number of benzene rings is 1. The maximum Gasteiger partial charge on any atom is 0.244 e. The molecule has 17 heavy (non-hydrogen) atoms. The van der Waals surface area contributed by atoms with Crippen molar-refractivity contribution in [2.75, 3.05) is 7.05 Å². The molecule has 1 unspecified atom stereocenters. The van der Waals surface area contributed by atoms with Crippen molar-refractivity contribution in [2.24, 2.45) is 0 Å². The minimum Gasteiger partial charge on any atom is -0.207 e. The zero-order valence-electron chi connectivity index (χ0n) is 9.81. The highest BCUT2D eigenvalue weighted by Crippen LogP contribution is 2.21. The first-order chi connectivity index (χ1) is 7.80. The van der Waals surface area contributed by atoms with Crippen molar-refractivity contribution >= 4 is 10.0 Å². The van der Waals surface area contributed by atoms with Crippen LogP contribution in [0, 0.1) is 24.1 Å². The molecule has 0 aromatic heterocycles. The van der Waals surface area contributed by atoms with Crippen LogP contribution in [0.1, 0.15) is 12.5 Å². The smallest absolute Gasteiger partial charge is 0.207 e. The summed E-state index contributed by atoms with van der Waals surface area (Å²) in [4.78, 5) is -0.109. The average Bonchev–Trinajstić information content (AvgIpc) is 2.30. The Balaban J connectivity index is 3.32. The Morgan fingerprint density at radius 1 is 1.47 bits per heavy atom. The van der Waals surface area contributed by atoms with Crippen LogP contribution in [-0.2, 0) is 10.0 Å². The molecule has 1 aromatic carbocycles. The van der Waals surface area contributed by atoms with E-state index >= 15 is 0 Å². The highest BCUT2D eigenvalue weighted by Gasteiger charge is 2.27. The number of hydrogen-bond acceptors (Lipinski definition) is 3. The summed E-state index contributed by atoms with van der Waals surface area (Å²) in [6.07, 6.45) is 0. The van der Waals surface area contributed by atoms with Crippen molar-refractivity contribution in [3.63, 3.8) is 0 Å². The molecule has 0 bridgehead atoms. The van der Waals surface area contributed by atoms with Crippen LogP contribution in [0.15, 0.2) is 23.1 Å². The molecule has 0 radical (unpaired) electrons. The molecule has 0 aliphatic heterocycles. The summed E-state index contributed by atoms with van der Waals surface area (Å²) in [6, 6.07) is 4.58. The highest BCUT2D eigenvalue weighted by molar-refractivity contribution is 7.89. The summed E-state index contributed by atoms with van der Waals surface area (Å²) < 4.78 is 38.2. The monoisotopic (exact) mass is 256 g/mol. The minimum atomic E-state index is -3.83. The molecule has 92 valence electrons. The van der Waals surface area contributed by atoms with Gasteiger partial charge in [-0.15, -0.1) is 0 Å². The summed E-state index contributed by atoms with van der Waals surface area (Å²) in [7, 11) is -2.53. The van der Waals surface area contributed by atoms with Gasteiger partial charge in [-0.2, -0.15) is 9.57 Å². The summed E-state index contributed by atoms with van der Waals surface area (Å²) in [6.45, 7) is 3.05. The molecule has 0 amide bonds. The van der Waals surface area contributed by atoms with E-state index in [-0.39, 0.29) is 4.90 Å². The summed E-state index contributed by atoms with van der Waals surface area (Å²) in [5.41, 5.74) is 0.448. The predicted octanol–water partition coefficient (Wildman–Crippen LogP) is 1.67. The van der Waals surface area contributed by atoms with Crippen molar-refractivity contribution in [3.8, 4) is 6.07 Å². The fourth-order valence-corrected chi connectivity index (χ4v) is 2.81. The topological polar surface area (TPSA) is 61.2 Å². The van der Waals surface area contributed by atoms with Crippen LogP contribution >= 0.6 is 0 Å². The fourth-order valence-electron chi connectivity index (χ4n) is 1.30. The molecule has 1 aromatic rings. The van der Waals surface area contributed by atoms with E-state index in [4.69, 9.17) is 5.26 Å². The summed E-state index contributed by atoms with van der Waals surface area (Å²) >= 11 is 0. The first kappa shape index (κ1) is 13.6. The van der Waals surface area contributed by atoms with Crippen LogP contribution in [-0.4, -0.2) is 25.8 Å². The van der Waals surface area contributed by atoms with E-state index in [9.17, 15) is 12.8 Å². The van der Waals surface area contributed by atoms with Crippen molar-refractivity contribution in [1.29, 1.82) is 5.26 Å². The van der Waals surface area contributed by atoms with Gasteiger partial charge >= 0.3 is 0 Å². The number of nitriles is 1. The second kappa shape index (κ2) is 4.82. The van der Waals surface area contributed by atoms with E-state index in [0.717, 1.165) is 10.4 Å². The van der Waals surface area contributed by atoms with E-state index in [1.165, 1.54) is 26.1 Å². The number of sulfonamides is 1. The van der Waals surface area contributed by atoms with Gasteiger partial charge in [0.25, 0.3) is 0 Å². The molecule has 0 heterocycles. The van der Waals surface area contributed by atoms with Gasteiger partial charge in [-0.3, -0.25) is 0 Å². The number of aryl methyl sites for hydroxylation is 1. The van der Waals surface area contributed by atoms with E-state index in [1.807, 2.05) is 6.07 Å². The van der Waals surface area contributed by atoms with Gasteiger partial charge in [0, 0.05) is 7.05 Å². The van der Waals surface area contributed by atoms with Gasteiger partial charge in [0.2, 0.25) is 10.0 Å². The van der Waals surface area contributed by atoms with Crippen LogP contribution in [0.4, 0.5) is 4.39 Å². The van der Waals surface area contributed by atoms with Gasteiger partial charge in [-0.1, -0.05) is 6.07 Å². The average molecular weight is 256 g/mol. The first-order valence-corrected chi connectivity index (χ1v) is 6.38. The van der Waals surface area contributed by atoms with Crippen LogP contribution in [0.5, 0.6) is 0 Å². The van der Waals surface area contributed by atoms with Crippen molar-refractivity contribution in [2.45, 2.75) is 24.8 Å². The molecule has 0 aliphatic carbocycles. The minimum absolute atomic E-state index is 0.109. The number of hydrogen-bond donors (Lipinski definition) is 0. The van der Waals surface area contributed by atoms with Crippen LogP contribution in [0.2, 0.25) is 0 Å². The van der Waals surface area contributed by atoms with E-state index < -0.39 is 21.9 Å². The lowest BCUT2D eigenvalue weighted by Gasteiger charge is -2.20. The lowest BCUT2D eigenvalue weighted by Crippen LogP contribution is -2.34. The second-order valence-corrected chi connectivity index (χ2v) is 5.70. The zero-order chi connectivity index (χ0) is 13.2. The van der Waals surface area contributed by atoms with E-state index in [1.54, 1.807) is 6.92 Å². The molecule has 1 atom stereocenters. The number of rotatable bonds is 3. The Hall–Kier alpha value is -1.45. The fraction of sp³-hybridized carbons (Fsp3) is 0.364. The third-order valence-corrected chi connectivity index (χ3v) is 4.61. The van der Waals surface area contributed by atoms with Crippen LogP contribution in [0.3, 0.4) is 0 Å². The second-order valence-electron chi connectivity index (χ2n) is 3.74. The highest BCUT2D eigenvalue weighted by atomic mass is 32.2. The van der Waals surface area contributed by atoms with Crippen LogP contribution < -0.4 is 0 Å². The largest absolute Gasteiger partial charge is 0.244 e. The molecule has 0 aliphatic rings.